The molecule has 1 rings (SSSR count). The first-order valence-electron chi connectivity index (χ1n) is 7.91. The highest BCUT2D eigenvalue weighted by atomic mass is 32.2. The highest BCUT2D eigenvalue weighted by Gasteiger charge is 2.25. The van der Waals surface area contributed by atoms with Gasteiger partial charge in [0.2, 0.25) is 5.95 Å². The van der Waals surface area contributed by atoms with Gasteiger partial charge in [0.15, 0.2) is 0 Å². The van der Waals surface area contributed by atoms with E-state index in [2.05, 4.69) is 14.7 Å². The molecule has 1 unspecified atom stereocenters. The fourth-order valence-corrected chi connectivity index (χ4v) is 2.44. The van der Waals surface area contributed by atoms with Crippen LogP contribution in [0, 0.1) is 5.95 Å². The Morgan fingerprint density at radius 3 is 2.40 bits per heavy atom. The van der Waals surface area contributed by atoms with Crippen LogP contribution in [0.3, 0.4) is 0 Å². The lowest BCUT2D eigenvalue weighted by Gasteiger charge is -2.23. The molecule has 0 bridgehead atoms. The first-order chi connectivity index (χ1) is 11.3. The van der Waals surface area contributed by atoms with Crippen LogP contribution >= 0.6 is 0 Å². The van der Waals surface area contributed by atoms with Crippen LogP contribution in [0.4, 0.5) is 9.18 Å². The van der Waals surface area contributed by atoms with Crippen molar-refractivity contribution in [2.24, 2.45) is 4.40 Å². The van der Waals surface area contributed by atoms with Gasteiger partial charge < -0.3 is 10.1 Å². The minimum absolute atomic E-state index is 0.292. The highest BCUT2D eigenvalue weighted by Crippen LogP contribution is 2.16. The summed E-state index contributed by atoms with van der Waals surface area (Å²) >= 11 is 0. The lowest BCUT2D eigenvalue weighted by Crippen LogP contribution is -2.42. The smallest absolute Gasteiger partial charge is 0.408 e. The molecule has 0 saturated carbocycles. The van der Waals surface area contributed by atoms with E-state index < -0.39 is 39.4 Å². The number of nitrogens with one attached hydrogen (secondary N) is 1. The lowest BCUT2D eigenvalue weighted by molar-refractivity contribution is 0.0521. The molecule has 0 fully saturated rings. The molecule has 8 heteroatoms. The second-order valence-electron chi connectivity index (χ2n) is 7.57. The SMILES string of the molecule is C[C@H](NC(=O)OC(C)(C)C)/C(=N\S(=O)C(C)(C)C)c1ccnc(F)c1. The highest BCUT2D eigenvalue weighted by molar-refractivity contribution is 7.85. The molecule has 0 saturated heterocycles. The summed E-state index contributed by atoms with van der Waals surface area (Å²) in [5.41, 5.74) is 0.0343. The molecule has 1 amide bonds. The van der Waals surface area contributed by atoms with Crippen molar-refractivity contribution in [1.29, 1.82) is 0 Å². The van der Waals surface area contributed by atoms with Gasteiger partial charge in [0, 0.05) is 17.8 Å². The van der Waals surface area contributed by atoms with E-state index in [1.165, 1.54) is 12.3 Å². The van der Waals surface area contributed by atoms with Gasteiger partial charge in [-0.3, -0.25) is 0 Å². The quantitative estimate of drug-likeness (QED) is 0.650. The van der Waals surface area contributed by atoms with Gasteiger partial charge >= 0.3 is 6.09 Å². The summed E-state index contributed by atoms with van der Waals surface area (Å²) in [5.74, 6) is -0.684. The van der Waals surface area contributed by atoms with Crippen LogP contribution < -0.4 is 5.32 Å². The molecule has 0 radical (unpaired) electrons. The van der Waals surface area contributed by atoms with Gasteiger partial charge in [-0.2, -0.15) is 8.79 Å². The van der Waals surface area contributed by atoms with Crippen molar-refractivity contribution in [3.05, 3.63) is 29.8 Å². The predicted octanol–water partition coefficient (Wildman–Crippen LogP) is 3.39. The minimum Gasteiger partial charge on any atom is -0.444 e. The van der Waals surface area contributed by atoms with Crippen molar-refractivity contribution >= 4 is 22.8 Å². The number of carbonyl (C=O) groups excluding carboxylic acids is 1. The number of hydrogen-bond donors (Lipinski definition) is 1. The molecule has 0 aromatic carbocycles. The Balaban J connectivity index is 3.16. The van der Waals surface area contributed by atoms with Gasteiger partial charge in [-0.25, -0.2) is 14.0 Å². The third-order valence-corrected chi connectivity index (χ3v) is 4.28. The normalized spacial score (nSPS) is 15.4. The molecule has 1 heterocycles. The van der Waals surface area contributed by atoms with E-state index >= 15 is 0 Å². The lowest BCUT2D eigenvalue weighted by atomic mass is 10.1. The zero-order valence-corrected chi connectivity index (χ0v) is 16.5. The Hall–Kier alpha value is -1.83. The van der Waals surface area contributed by atoms with Crippen LogP contribution in [0.5, 0.6) is 0 Å². The van der Waals surface area contributed by atoms with Crippen molar-refractivity contribution < 1.29 is 18.1 Å². The first-order valence-corrected chi connectivity index (χ1v) is 9.02. The molecular formula is C17H26FN3O3S. The Labute approximate surface area is 150 Å². The van der Waals surface area contributed by atoms with Gasteiger partial charge in [0.05, 0.1) is 16.5 Å². The Morgan fingerprint density at radius 2 is 1.92 bits per heavy atom. The molecule has 1 aromatic heterocycles. The summed E-state index contributed by atoms with van der Waals surface area (Å²) in [5, 5.41) is 2.64. The van der Waals surface area contributed by atoms with E-state index in [-0.39, 0.29) is 0 Å². The second kappa shape index (κ2) is 8.03. The summed E-state index contributed by atoms with van der Waals surface area (Å²) in [6.45, 7) is 12.3. The number of hydrogen-bond acceptors (Lipinski definition) is 4. The molecule has 140 valence electrons. The third-order valence-electron chi connectivity index (χ3n) is 2.87. The predicted molar refractivity (Wildman–Crippen MR) is 97.5 cm³/mol. The number of amides is 1. The number of ether oxygens (including phenoxy) is 1. The maximum absolute atomic E-state index is 13.5. The van der Waals surface area contributed by atoms with Crippen molar-refractivity contribution in [2.75, 3.05) is 0 Å². The van der Waals surface area contributed by atoms with Crippen molar-refractivity contribution in [3.8, 4) is 0 Å². The van der Waals surface area contributed by atoms with Crippen LogP contribution in [0.1, 0.15) is 54.0 Å². The molecule has 6 nitrogen and oxygen atoms in total. The number of pyridine rings is 1. The average Bonchev–Trinajstić information content (AvgIpc) is 2.40. The topological polar surface area (TPSA) is 80.6 Å². The Morgan fingerprint density at radius 1 is 1.32 bits per heavy atom. The summed E-state index contributed by atoms with van der Waals surface area (Å²) in [6.07, 6.45) is 0.657. The summed E-state index contributed by atoms with van der Waals surface area (Å²) < 4.78 is 34.8. The molecule has 1 aromatic rings. The van der Waals surface area contributed by atoms with Gasteiger partial charge in [-0.05, 0) is 54.5 Å². The summed E-state index contributed by atoms with van der Waals surface area (Å²) in [7, 11) is -1.58. The van der Waals surface area contributed by atoms with E-state index in [9.17, 15) is 13.4 Å². The maximum atomic E-state index is 13.5. The van der Waals surface area contributed by atoms with Gasteiger partial charge in [-0.15, -0.1) is 0 Å². The van der Waals surface area contributed by atoms with Gasteiger partial charge in [0.25, 0.3) is 0 Å². The minimum atomic E-state index is -1.58. The average molecular weight is 371 g/mol. The number of aromatic nitrogens is 1. The fraction of sp³-hybridized carbons (Fsp3) is 0.588. The molecule has 0 aliphatic carbocycles. The molecule has 2 atom stereocenters. The zero-order valence-electron chi connectivity index (χ0n) is 15.7. The maximum Gasteiger partial charge on any atom is 0.408 e. The van der Waals surface area contributed by atoms with Gasteiger partial charge in [0.1, 0.15) is 16.6 Å². The van der Waals surface area contributed by atoms with Crippen molar-refractivity contribution in [2.45, 2.75) is 64.9 Å². The monoisotopic (exact) mass is 371 g/mol. The van der Waals surface area contributed by atoms with Crippen LogP contribution in [0.2, 0.25) is 0 Å². The van der Waals surface area contributed by atoms with Crippen LogP contribution in [-0.4, -0.2) is 37.4 Å². The third kappa shape index (κ3) is 7.29. The van der Waals surface area contributed by atoms with E-state index in [0.29, 0.717) is 11.3 Å². The molecule has 0 aliphatic heterocycles. The van der Waals surface area contributed by atoms with Crippen molar-refractivity contribution in [3.63, 3.8) is 0 Å². The van der Waals surface area contributed by atoms with E-state index in [1.807, 2.05) is 0 Å². The number of nitrogens with zero attached hydrogens (tertiary/aromatic N) is 2. The number of alkyl carbamates (subject to hydrolysis) is 1. The fourth-order valence-electron chi connectivity index (χ4n) is 1.72. The molecular weight excluding hydrogens is 345 g/mol. The number of rotatable bonds is 4. The van der Waals surface area contributed by atoms with Crippen molar-refractivity contribution in [1.82, 2.24) is 10.3 Å². The number of carbonyl (C=O) groups is 1. The van der Waals surface area contributed by atoms with Crippen LogP contribution in [-0.2, 0) is 15.7 Å². The molecule has 0 spiro atoms. The largest absolute Gasteiger partial charge is 0.444 e. The first kappa shape index (κ1) is 21.2. The number of halogens is 1. The standard InChI is InChI=1S/C17H26FN3O3S/c1-11(20-15(22)24-16(2,3)4)14(21-25(23)17(5,6)7)12-8-9-19-13(18)10-12/h8-11H,1-7H3,(H,20,22)/b21-14+/t11-,25?/m0/s1. The van der Waals surface area contributed by atoms with E-state index in [1.54, 1.807) is 54.5 Å². The summed E-state index contributed by atoms with van der Waals surface area (Å²) in [4.78, 5) is 15.5. The van der Waals surface area contributed by atoms with Gasteiger partial charge in [-0.1, -0.05) is 0 Å². The molecule has 0 aliphatic rings. The molecule has 25 heavy (non-hydrogen) atoms. The second-order valence-corrected chi connectivity index (χ2v) is 9.48. The van der Waals surface area contributed by atoms with E-state index in [0.717, 1.165) is 0 Å². The summed E-state index contributed by atoms with van der Waals surface area (Å²) in [6, 6.07) is 2.10. The van der Waals surface area contributed by atoms with Crippen LogP contribution in [0.15, 0.2) is 22.7 Å². The molecule has 1 N–H and O–H groups in total. The van der Waals surface area contributed by atoms with Crippen LogP contribution in [0.25, 0.3) is 0 Å². The zero-order chi connectivity index (χ0) is 19.4. The Kier molecular flexibility index (Phi) is 6.82. The van der Waals surface area contributed by atoms with E-state index in [4.69, 9.17) is 4.74 Å². The Bertz CT molecular complexity index is 678.